The molecule has 1 amide bonds. The van der Waals surface area contributed by atoms with E-state index >= 15 is 0 Å². The van der Waals surface area contributed by atoms with Crippen molar-refractivity contribution in [2.75, 3.05) is 25.4 Å². The number of carbonyl (C=O) groups excluding carboxylic acids is 1. The van der Waals surface area contributed by atoms with Crippen molar-refractivity contribution < 1.29 is 9.90 Å². The Morgan fingerprint density at radius 1 is 1.53 bits per heavy atom. The van der Waals surface area contributed by atoms with Gasteiger partial charge in [0.2, 0.25) is 0 Å². The molecule has 5 nitrogen and oxygen atoms in total. The molecule has 0 bridgehead atoms. The van der Waals surface area contributed by atoms with Crippen LogP contribution in [0, 0.1) is 6.92 Å². The summed E-state index contributed by atoms with van der Waals surface area (Å²) >= 11 is 1.20. The van der Waals surface area contributed by atoms with Gasteiger partial charge in [-0.2, -0.15) is 0 Å². The molecule has 0 saturated carbocycles. The molecule has 6 heteroatoms. The Balaban J connectivity index is 2.79. The minimum absolute atomic E-state index is 0.0250. The molecule has 3 N–H and O–H groups in total. The van der Waals surface area contributed by atoms with Crippen molar-refractivity contribution >= 4 is 22.4 Å². The first kappa shape index (κ1) is 13.9. The van der Waals surface area contributed by atoms with Gasteiger partial charge >= 0.3 is 0 Å². The Morgan fingerprint density at radius 3 is 2.71 bits per heavy atom. The number of amides is 1. The maximum absolute atomic E-state index is 12.2. The standard InChI is InChI=1S/C11H19N3O2S/c1-3-4-5-14(6-7-15)10(16)9-8(2)13-11(12)17-9/h15H,3-7H2,1-2H3,(H2,12,13). The first-order chi connectivity index (χ1) is 8.10. The van der Waals surface area contributed by atoms with Crippen LogP contribution in [0.25, 0.3) is 0 Å². The lowest BCUT2D eigenvalue weighted by Gasteiger charge is -2.20. The van der Waals surface area contributed by atoms with Gasteiger partial charge in [-0.25, -0.2) is 4.98 Å². The Morgan fingerprint density at radius 2 is 2.24 bits per heavy atom. The Kier molecular flexibility index (Phi) is 5.37. The number of aromatic nitrogens is 1. The summed E-state index contributed by atoms with van der Waals surface area (Å²) in [5.41, 5.74) is 6.24. The molecule has 0 spiro atoms. The molecule has 1 aromatic rings. The highest BCUT2D eigenvalue weighted by molar-refractivity contribution is 7.17. The summed E-state index contributed by atoms with van der Waals surface area (Å²) in [7, 11) is 0. The lowest BCUT2D eigenvalue weighted by Crippen LogP contribution is -2.34. The van der Waals surface area contributed by atoms with E-state index in [1.807, 2.05) is 0 Å². The van der Waals surface area contributed by atoms with E-state index < -0.39 is 0 Å². The molecule has 1 aromatic heterocycles. The van der Waals surface area contributed by atoms with E-state index in [0.717, 1.165) is 12.8 Å². The number of hydrogen-bond acceptors (Lipinski definition) is 5. The molecule has 96 valence electrons. The molecule has 0 unspecified atom stereocenters. The van der Waals surface area contributed by atoms with Crippen LogP contribution >= 0.6 is 11.3 Å². The maximum Gasteiger partial charge on any atom is 0.266 e. The van der Waals surface area contributed by atoms with Crippen molar-refractivity contribution in [2.24, 2.45) is 0 Å². The predicted molar refractivity (Wildman–Crippen MR) is 69.2 cm³/mol. The smallest absolute Gasteiger partial charge is 0.266 e. The second kappa shape index (κ2) is 6.56. The molecule has 0 aromatic carbocycles. The summed E-state index contributed by atoms with van der Waals surface area (Å²) in [6.07, 6.45) is 1.94. The molecule has 0 fully saturated rings. The van der Waals surface area contributed by atoms with Gasteiger partial charge in [-0.05, 0) is 13.3 Å². The molecular formula is C11H19N3O2S. The van der Waals surface area contributed by atoms with Gasteiger partial charge < -0.3 is 15.7 Å². The molecule has 1 heterocycles. The summed E-state index contributed by atoms with van der Waals surface area (Å²) in [6, 6.07) is 0. The number of nitrogens with two attached hydrogens (primary N) is 1. The number of aliphatic hydroxyl groups excluding tert-OH is 1. The van der Waals surface area contributed by atoms with Crippen LogP contribution < -0.4 is 5.73 Å². The zero-order chi connectivity index (χ0) is 12.8. The molecule has 0 aliphatic carbocycles. The SMILES string of the molecule is CCCCN(CCO)C(=O)c1sc(N)nc1C. The molecular weight excluding hydrogens is 238 g/mol. The van der Waals surface area contributed by atoms with Crippen LogP contribution in [0.15, 0.2) is 0 Å². The summed E-state index contributed by atoms with van der Waals surface area (Å²) in [5, 5.41) is 9.38. The summed E-state index contributed by atoms with van der Waals surface area (Å²) in [4.78, 5) is 18.5. The highest BCUT2D eigenvalue weighted by Crippen LogP contribution is 2.21. The van der Waals surface area contributed by atoms with E-state index in [4.69, 9.17) is 10.8 Å². The van der Waals surface area contributed by atoms with E-state index in [1.54, 1.807) is 11.8 Å². The highest BCUT2D eigenvalue weighted by atomic mass is 32.1. The average Bonchev–Trinajstić information content (AvgIpc) is 2.63. The van der Waals surface area contributed by atoms with Gasteiger partial charge in [-0.1, -0.05) is 24.7 Å². The van der Waals surface area contributed by atoms with Gasteiger partial charge in [-0.3, -0.25) is 4.79 Å². The van der Waals surface area contributed by atoms with Crippen molar-refractivity contribution in [2.45, 2.75) is 26.7 Å². The minimum Gasteiger partial charge on any atom is -0.395 e. The van der Waals surface area contributed by atoms with Gasteiger partial charge in [0.1, 0.15) is 4.88 Å². The normalized spacial score (nSPS) is 10.5. The second-order valence-corrected chi connectivity index (χ2v) is 4.87. The van der Waals surface area contributed by atoms with Crippen LogP contribution in [0.5, 0.6) is 0 Å². The minimum atomic E-state index is -0.0841. The van der Waals surface area contributed by atoms with Crippen LogP contribution in [-0.2, 0) is 0 Å². The van der Waals surface area contributed by atoms with Gasteiger partial charge in [0.05, 0.1) is 12.3 Å². The lowest BCUT2D eigenvalue weighted by atomic mass is 10.3. The van der Waals surface area contributed by atoms with Crippen molar-refractivity contribution in [3.63, 3.8) is 0 Å². The quantitative estimate of drug-likeness (QED) is 0.804. The highest BCUT2D eigenvalue weighted by Gasteiger charge is 2.20. The fourth-order valence-electron chi connectivity index (χ4n) is 1.54. The van der Waals surface area contributed by atoms with Crippen molar-refractivity contribution in [3.05, 3.63) is 10.6 Å². The monoisotopic (exact) mass is 257 g/mol. The summed E-state index contributed by atoms with van der Waals surface area (Å²) < 4.78 is 0. The lowest BCUT2D eigenvalue weighted by molar-refractivity contribution is 0.0723. The first-order valence-electron chi connectivity index (χ1n) is 5.73. The van der Waals surface area contributed by atoms with E-state index in [0.29, 0.717) is 28.8 Å². The second-order valence-electron chi connectivity index (χ2n) is 3.84. The third-order valence-corrected chi connectivity index (χ3v) is 3.42. The maximum atomic E-state index is 12.2. The molecule has 17 heavy (non-hydrogen) atoms. The molecule has 0 radical (unpaired) electrons. The van der Waals surface area contributed by atoms with E-state index in [1.165, 1.54) is 11.3 Å². The number of hydrogen-bond donors (Lipinski definition) is 2. The number of aryl methyl sites for hydroxylation is 1. The number of nitrogen functional groups attached to an aromatic ring is 1. The molecule has 0 aliphatic rings. The summed E-state index contributed by atoms with van der Waals surface area (Å²) in [6.45, 7) is 4.83. The van der Waals surface area contributed by atoms with Crippen molar-refractivity contribution in [1.82, 2.24) is 9.88 Å². The largest absolute Gasteiger partial charge is 0.395 e. The number of aliphatic hydroxyl groups is 1. The van der Waals surface area contributed by atoms with Gasteiger partial charge in [-0.15, -0.1) is 0 Å². The molecule has 0 aliphatic heterocycles. The number of nitrogens with zero attached hydrogens (tertiary/aromatic N) is 2. The Labute approximate surface area is 105 Å². The third kappa shape index (κ3) is 3.67. The molecule has 1 rings (SSSR count). The zero-order valence-corrected chi connectivity index (χ0v) is 11.1. The van der Waals surface area contributed by atoms with E-state index in [9.17, 15) is 4.79 Å². The predicted octanol–water partition coefficient (Wildman–Crippen LogP) is 1.27. The average molecular weight is 257 g/mol. The van der Waals surface area contributed by atoms with Gasteiger partial charge in [0.15, 0.2) is 5.13 Å². The first-order valence-corrected chi connectivity index (χ1v) is 6.54. The van der Waals surface area contributed by atoms with E-state index in [-0.39, 0.29) is 12.5 Å². The fourth-order valence-corrected chi connectivity index (χ4v) is 2.35. The summed E-state index contributed by atoms with van der Waals surface area (Å²) in [5.74, 6) is -0.0841. The van der Waals surface area contributed by atoms with Crippen molar-refractivity contribution in [1.29, 1.82) is 0 Å². The fraction of sp³-hybridized carbons (Fsp3) is 0.636. The van der Waals surface area contributed by atoms with E-state index in [2.05, 4.69) is 11.9 Å². The number of anilines is 1. The number of carbonyl (C=O) groups is 1. The van der Waals surface area contributed by atoms with Crippen molar-refractivity contribution in [3.8, 4) is 0 Å². The van der Waals surface area contributed by atoms with Crippen LogP contribution in [0.3, 0.4) is 0 Å². The molecule has 0 saturated heterocycles. The van der Waals surface area contributed by atoms with Gasteiger partial charge in [0, 0.05) is 13.1 Å². The number of unbranched alkanes of at least 4 members (excludes halogenated alkanes) is 1. The number of rotatable bonds is 6. The molecule has 0 atom stereocenters. The zero-order valence-electron chi connectivity index (χ0n) is 10.3. The Bertz CT molecular complexity index is 379. The van der Waals surface area contributed by atoms with Gasteiger partial charge in [0.25, 0.3) is 5.91 Å². The van der Waals surface area contributed by atoms with Crippen LogP contribution in [-0.4, -0.2) is 40.6 Å². The Hall–Kier alpha value is -1.14. The van der Waals surface area contributed by atoms with Crippen LogP contribution in [0.4, 0.5) is 5.13 Å². The van der Waals surface area contributed by atoms with Crippen LogP contribution in [0.1, 0.15) is 35.1 Å². The van der Waals surface area contributed by atoms with Crippen LogP contribution in [0.2, 0.25) is 0 Å². The third-order valence-electron chi connectivity index (χ3n) is 2.45. The number of thiazole rings is 1. The topological polar surface area (TPSA) is 79.5 Å².